The van der Waals surface area contributed by atoms with E-state index in [9.17, 15) is 8.78 Å². The van der Waals surface area contributed by atoms with E-state index in [2.05, 4.69) is 14.9 Å². The lowest BCUT2D eigenvalue weighted by Crippen LogP contribution is -2.12. The minimum atomic E-state index is -0.391. The fourth-order valence-electron chi connectivity index (χ4n) is 4.70. The van der Waals surface area contributed by atoms with E-state index in [-0.39, 0.29) is 12.4 Å². The topological polar surface area (TPSA) is 55.6 Å². The number of rotatable bonds is 7. The molecule has 1 aliphatic rings. The van der Waals surface area contributed by atoms with Gasteiger partial charge in [0.15, 0.2) is 5.65 Å². The number of fused-ring (bicyclic) bond motifs is 1. The normalized spacial score (nSPS) is 14.6. The Morgan fingerprint density at radius 3 is 2.65 bits per heavy atom. The van der Waals surface area contributed by atoms with Crippen LogP contribution in [0.5, 0.6) is 0 Å². The second kappa shape index (κ2) is 10.1. The number of halogens is 3. The molecule has 0 atom stereocenters. The van der Waals surface area contributed by atoms with Crippen LogP contribution in [0.4, 0.5) is 14.7 Å². The maximum Gasteiger partial charge on any atom is 0.225 e. The molecule has 2 aromatic heterocycles. The predicted molar refractivity (Wildman–Crippen MR) is 131 cm³/mol. The largest absolute Gasteiger partial charge is 0.350 e. The van der Waals surface area contributed by atoms with Gasteiger partial charge < -0.3 is 9.88 Å². The first-order valence-electron chi connectivity index (χ1n) is 11.7. The van der Waals surface area contributed by atoms with Gasteiger partial charge in [0.2, 0.25) is 5.95 Å². The highest BCUT2D eigenvalue weighted by atomic mass is 35.5. The van der Waals surface area contributed by atoms with Gasteiger partial charge in [0, 0.05) is 24.2 Å². The van der Waals surface area contributed by atoms with Crippen molar-refractivity contribution in [2.75, 3.05) is 5.32 Å². The Bertz CT molecular complexity index is 1300. The number of aryl methyl sites for hydroxylation is 1. The van der Waals surface area contributed by atoms with Crippen LogP contribution in [0.15, 0.2) is 48.7 Å². The molecule has 0 spiro atoms. The molecule has 0 aliphatic heterocycles. The standard InChI is InChI=1S/C26H26ClF2N5/c27-21-14-19(28)10-11-20(21)24-32-23-16-31-26(30-15-18-8-4-5-9-22(18)29)33-25(23)34(24)13-12-17-6-2-1-3-7-17/h4-5,8-11,14,16-17H,1-3,6-7,12-13,15H2,(H,30,31,33). The first-order chi connectivity index (χ1) is 16.6. The van der Waals surface area contributed by atoms with E-state index in [1.807, 2.05) is 0 Å². The molecule has 5 nitrogen and oxygen atoms in total. The van der Waals surface area contributed by atoms with Crippen LogP contribution in [0.2, 0.25) is 5.02 Å². The average molecular weight is 482 g/mol. The Kier molecular flexibility index (Phi) is 6.72. The molecule has 8 heteroatoms. The monoisotopic (exact) mass is 481 g/mol. The molecular formula is C26H26ClF2N5. The number of nitrogens with one attached hydrogen (secondary N) is 1. The van der Waals surface area contributed by atoms with E-state index < -0.39 is 5.82 Å². The summed E-state index contributed by atoms with van der Waals surface area (Å²) in [6, 6.07) is 11.0. The number of imidazole rings is 1. The number of anilines is 1. The van der Waals surface area contributed by atoms with Crippen molar-refractivity contribution in [2.24, 2.45) is 5.92 Å². The van der Waals surface area contributed by atoms with Gasteiger partial charge in [-0.3, -0.25) is 0 Å². The minimum absolute atomic E-state index is 0.269. The average Bonchev–Trinajstić information content (AvgIpc) is 3.20. The maximum atomic E-state index is 14.0. The predicted octanol–water partition coefficient (Wildman–Crippen LogP) is 7.01. The van der Waals surface area contributed by atoms with Gasteiger partial charge in [0.25, 0.3) is 0 Å². The summed E-state index contributed by atoms with van der Waals surface area (Å²) >= 11 is 6.40. The van der Waals surface area contributed by atoms with Crippen molar-refractivity contribution >= 4 is 28.7 Å². The highest BCUT2D eigenvalue weighted by molar-refractivity contribution is 6.33. The molecule has 2 aromatic carbocycles. The molecule has 0 radical (unpaired) electrons. The fourth-order valence-corrected chi connectivity index (χ4v) is 4.95. The molecule has 5 rings (SSSR count). The molecule has 1 saturated carbocycles. The Hall–Kier alpha value is -3.06. The minimum Gasteiger partial charge on any atom is -0.350 e. The quantitative estimate of drug-likeness (QED) is 0.308. The zero-order valence-corrected chi connectivity index (χ0v) is 19.5. The Balaban J connectivity index is 1.49. The molecule has 0 amide bonds. The first kappa shape index (κ1) is 22.7. The van der Waals surface area contributed by atoms with Crippen molar-refractivity contribution in [1.29, 1.82) is 0 Å². The van der Waals surface area contributed by atoms with E-state index in [0.717, 1.165) is 13.0 Å². The van der Waals surface area contributed by atoms with Gasteiger partial charge in [-0.1, -0.05) is 61.9 Å². The molecular weight excluding hydrogens is 456 g/mol. The Morgan fingerprint density at radius 1 is 1.03 bits per heavy atom. The third-order valence-electron chi connectivity index (χ3n) is 6.54. The van der Waals surface area contributed by atoms with Gasteiger partial charge >= 0.3 is 0 Å². The van der Waals surface area contributed by atoms with Crippen LogP contribution in [-0.2, 0) is 13.1 Å². The highest BCUT2D eigenvalue weighted by Gasteiger charge is 2.20. The van der Waals surface area contributed by atoms with Gasteiger partial charge in [-0.25, -0.2) is 18.7 Å². The molecule has 1 aliphatic carbocycles. The molecule has 176 valence electrons. The second-order valence-electron chi connectivity index (χ2n) is 8.85. The van der Waals surface area contributed by atoms with Crippen molar-refractivity contribution in [2.45, 2.75) is 51.6 Å². The van der Waals surface area contributed by atoms with Gasteiger partial charge in [-0.05, 0) is 36.6 Å². The third-order valence-corrected chi connectivity index (χ3v) is 6.85. The summed E-state index contributed by atoms with van der Waals surface area (Å²) in [6.07, 6.45) is 9.01. The lowest BCUT2D eigenvalue weighted by atomic mass is 9.87. The lowest BCUT2D eigenvalue weighted by Gasteiger charge is -2.22. The van der Waals surface area contributed by atoms with Gasteiger partial charge in [-0.15, -0.1) is 0 Å². The van der Waals surface area contributed by atoms with Crippen LogP contribution in [0.3, 0.4) is 0 Å². The highest BCUT2D eigenvalue weighted by Crippen LogP contribution is 2.33. The molecule has 2 heterocycles. The molecule has 0 unspecified atom stereocenters. The van der Waals surface area contributed by atoms with Gasteiger partial charge in [-0.2, -0.15) is 4.98 Å². The third kappa shape index (κ3) is 4.89. The Labute approximate surface area is 202 Å². The zero-order chi connectivity index (χ0) is 23.5. The van der Waals surface area contributed by atoms with Crippen LogP contribution >= 0.6 is 11.6 Å². The molecule has 4 aromatic rings. The summed E-state index contributed by atoms with van der Waals surface area (Å²) in [5, 5.41) is 3.42. The van der Waals surface area contributed by atoms with Crippen LogP contribution in [0, 0.1) is 17.6 Å². The van der Waals surface area contributed by atoms with E-state index in [0.29, 0.717) is 45.0 Å². The van der Waals surface area contributed by atoms with Crippen LogP contribution < -0.4 is 5.32 Å². The lowest BCUT2D eigenvalue weighted by molar-refractivity contribution is 0.325. The van der Waals surface area contributed by atoms with Crippen LogP contribution in [0.1, 0.15) is 44.1 Å². The van der Waals surface area contributed by atoms with Crippen molar-refractivity contribution in [3.63, 3.8) is 0 Å². The summed E-state index contributed by atoms with van der Waals surface area (Å²) in [5.41, 5.74) is 2.51. The number of nitrogens with zero attached hydrogens (tertiary/aromatic N) is 4. The van der Waals surface area contributed by atoms with Crippen molar-refractivity contribution in [3.05, 3.63) is 70.9 Å². The number of hydrogen-bond acceptors (Lipinski definition) is 4. The summed E-state index contributed by atoms with van der Waals surface area (Å²) in [6.45, 7) is 0.999. The van der Waals surface area contributed by atoms with E-state index >= 15 is 0 Å². The van der Waals surface area contributed by atoms with Gasteiger partial charge in [0.1, 0.15) is 23.0 Å². The summed E-state index contributed by atoms with van der Waals surface area (Å²) in [7, 11) is 0. The van der Waals surface area contributed by atoms with Crippen LogP contribution in [-0.4, -0.2) is 19.5 Å². The van der Waals surface area contributed by atoms with Gasteiger partial charge in [0.05, 0.1) is 11.2 Å². The molecule has 1 fully saturated rings. The number of aromatic nitrogens is 4. The molecule has 0 bridgehead atoms. The van der Waals surface area contributed by atoms with Crippen molar-refractivity contribution in [1.82, 2.24) is 19.5 Å². The van der Waals surface area contributed by atoms with E-state index in [1.54, 1.807) is 30.5 Å². The smallest absolute Gasteiger partial charge is 0.225 e. The Morgan fingerprint density at radius 2 is 1.85 bits per heavy atom. The maximum absolute atomic E-state index is 14.0. The first-order valence-corrected chi connectivity index (χ1v) is 12.1. The molecule has 34 heavy (non-hydrogen) atoms. The van der Waals surface area contributed by atoms with Crippen LogP contribution in [0.25, 0.3) is 22.6 Å². The number of hydrogen-bond donors (Lipinski definition) is 1. The van der Waals surface area contributed by atoms with Crippen molar-refractivity contribution in [3.8, 4) is 11.4 Å². The van der Waals surface area contributed by atoms with Crippen molar-refractivity contribution < 1.29 is 8.78 Å². The van der Waals surface area contributed by atoms with E-state index in [4.69, 9.17) is 21.6 Å². The summed E-state index contributed by atoms with van der Waals surface area (Å²) < 4.78 is 29.8. The SMILES string of the molecule is Fc1ccc(-c2nc3cnc(NCc4ccccc4F)nc3n2CCC2CCCCC2)c(Cl)c1. The van der Waals surface area contributed by atoms with E-state index in [1.165, 1.54) is 50.3 Å². The second-order valence-corrected chi connectivity index (χ2v) is 9.26. The number of benzene rings is 2. The molecule has 1 N–H and O–H groups in total. The molecule has 0 saturated heterocycles. The zero-order valence-electron chi connectivity index (χ0n) is 18.8. The summed E-state index contributed by atoms with van der Waals surface area (Å²) in [4.78, 5) is 13.8. The fraction of sp³-hybridized carbons (Fsp3) is 0.346. The summed E-state index contributed by atoms with van der Waals surface area (Å²) in [5.74, 6) is 1.05.